The lowest BCUT2D eigenvalue weighted by Gasteiger charge is -2.09. The predicted molar refractivity (Wildman–Crippen MR) is 67.0 cm³/mol. The third kappa shape index (κ3) is 1.58. The Labute approximate surface area is 103 Å². The number of nitrogens with one attached hydrogen (secondary N) is 1. The summed E-state index contributed by atoms with van der Waals surface area (Å²) in [5, 5.41) is 3.74. The maximum absolute atomic E-state index is 11.7. The molecule has 17 heavy (non-hydrogen) atoms. The number of hydrogen-bond acceptors (Lipinski definition) is 3. The lowest BCUT2D eigenvalue weighted by atomic mass is 10.2. The van der Waals surface area contributed by atoms with E-state index in [1.54, 1.807) is 0 Å². The van der Waals surface area contributed by atoms with Gasteiger partial charge in [0.1, 0.15) is 4.88 Å². The van der Waals surface area contributed by atoms with E-state index in [0.717, 1.165) is 33.5 Å². The van der Waals surface area contributed by atoms with Crippen molar-refractivity contribution in [1.82, 2.24) is 14.9 Å². The quantitative estimate of drug-likeness (QED) is 0.835. The summed E-state index contributed by atoms with van der Waals surface area (Å²) in [6.07, 6.45) is 0.830. The standard InChI is InChI=1S/C12H13N3OS/c1-7-3-4-8(2)15(7)12-14-9-5-6-13-11(16)10(9)17-12/h3-4H,5-6H2,1-2H3,(H,13,16). The molecule has 2 aromatic rings. The molecule has 1 aliphatic heterocycles. The highest BCUT2D eigenvalue weighted by Crippen LogP contribution is 2.26. The molecule has 1 N–H and O–H groups in total. The van der Waals surface area contributed by atoms with Crippen LogP contribution >= 0.6 is 11.3 Å². The normalized spacial score (nSPS) is 14.6. The van der Waals surface area contributed by atoms with Crippen LogP contribution in [-0.4, -0.2) is 22.0 Å². The highest BCUT2D eigenvalue weighted by molar-refractivity contribution is 7.16. The summed E-state index contributed by atoms with van der Waals surface area (Å²) >= 11 is 1.47. The van der Waals surface area contributed by atoms with Crippen molar-refractivity contribution in [1.29, 1.82) is 0 Å². The van der Waals surface area contributed by atoms with Gasteiger partial charge in [0.2, 0.25) is 0 Å². The van der Waals surface area contributed by atoms with Gasteiger partial charge in [-0.1, -0.05) is 11.3 Å². The summed E-state index contributed by atoms with van der Waals surface area (Å²) in [4.78, 5) is 17.0. The molecule has 2 aromatic heterocycles. The highest BCUT2D eigenvalue weighted by Gasteiger charge is 2.23. The van der Waals surface area contributed by atoms with E-state index in [1.807, 2.05) is 13.8 Å². The Balaban J connectivity index is 2.14. The van der Waals surface area contributed by atoms with Crippen LogP contribution in [0.25, 0.3) is 5.13 Å². The van der Waals surface area contributed by atoms with Crippen molar-refractivity contribution in [2.75, 3.05) is 6.54 Å². The second-order valence-electron chi connectivity index (χ2n) is 4.23. The fourth-order valence-corrected chi connectivity index (χ4v) is 3.27. The molecule has 0 bridgehead atoms. The molecule has 0 fully saturated rings. The first-order valence-electron chi connectivity index (χ1n) is 5.60. The number of hydrogen-bond donors (Lipinski definition) is 1. The van der Waals surface area contributed by atoms with E-state index >= 15 is 0 Å². The monoisotopic (exact) mass is 247 g/mol. The highest BCUT2D eigenvalue weighted by atomic mass is 32.1. The number of thiazole rings is 1. The Hall–Kier alpha value is -1.62. The molecule has 0 atom stereocenters. The van der Waals surface area contributed by atoms with Gasteiger partial charge in [-0.3, -0.25) is 9.36 Å². The maximum atomic E-state index is 11.7. The van der Waals surface area contributed by atoms with Crippen LogP contribution in [0.15, 0.2) is 12.1 Å². The third-order valence-electron chi connectivity index (χ3n) is 3.00. The third-order valence-corrected chi connectivity index (χ3v) is 4.08. The molecule has 1 aliphatic rings. The van der Waals surface area contributed by atoms with Crippen LogP contribution in [0.4, 0.5) is 0 Å². The zero-order valence-corrected chi connectivity index (χ0v) is 10.6. The molecular weight excluding hydrogens is 234 g/mol. The molecule has 0 radical (unpaired) electrons. The van der Waals surface area contributed by atoms with E-state index in [2.05, 4.69) is 27.0 Å². The summed E-state index contributed by atoms with van der Waals surface area (Å²) in [6, 6.07) is 4.13. The zero-order valence-electron chi connectivity index (χ0n) is 9.78. The topological polar surface area (TPSA) is 46.9 Å². The van der Waals surface area contributed by atoms with Gasteiger partial charge in [0.15, 0.2) is 5.13 Å². The first-order valence-corrected chi connectivity index (χ1v) is 6.41. The number of amides is 1. The fraction of sp³-hybridized carbons (Fsp3) is 0.333. The van der Waals surface area contributed by atoms with Crippen molar-refractivity contribution in [3.05, 3.63) is 34.1 Å². The molecule has 4 nitrogen and oxygen atoms in total. The number of aromatic nitrogens is 2. The largest absolute Gasteiger partial charge is 0.351 e. The van der Waals surface area contributed by atoms with Gasteiger partial charge in [0, 0.05) is 24.4 Å². The lowest BCUT2D eigenvalue weighted by Crippen LogP contribution is -2.30. The van der Waals surface area contributed by atoms with Gasteiger partial charge in [-0.25, -0.2) is 4.98 Å². The first kappa shape index (κ1) is 10.5. The molecule has 0 spiro atoms. The molecule has 88 valence electrons. The van der Waals surface area contributed by atoms with Crippen molar-refractivity contribution in [3.63, 3.8) is 0 Å². The number of rotatable bonds is 1. The van der Waals surface area contributed by atoms with Crippen molar-refractivity contribution in [2.45, 2.75) is 20.3 Å². The van der Waals surface area contributed by atoms with Gasteiger partial charge in [-0.2, -0.15) is 0 Å². The SMILES string of the molecule is Cc1ccc(C)n1-c1nc2c(s1)C(=O)NCC2. The van der Waals surface area contributed by atoms with Gasteiger partial charge in [0.05, 0.1) is 5.69 Å². The van der Waals surface area contributed by atoms with E-state index in [0.29, 0.717) is 6.54 Å². The van der Waals surface area contributed by atoms with E-state index < -0.39 is 0 Å². The smallest absolute Gasteiger partial charge is 0.263 e. The minimum absolute atomic E-state index is 0.0115. The number of carbonyl (C=O) groups is 1. The van der Waals surface area contributed by atoms with Crippen molar-refractivity contribution >= 4 is 17.2 Å². The van der Waals surface area contributed by atoms with Crippen LogP contribution < -0.4 is 5.32 Å². The second kappa shape index (κ2) is 3.70. The van der Waals surface area contributed by atoms with Crippen LogP contribution in [0.1, 0.15) is 26.8 Å². The van der Waals surface area contributed by atoms with Crippen molar-refractivity contribution < 1.29 is 4.79 Å². The summed E-state index contributed by atoms with van der Waals surface area (Å²) in [6.45, 7) is 4.79. The Morgan fingerprint density at radius 2 is 2.06 bits per heavy atom. The van der Waals surface area contributed by atoms with Crippen molar-refractivity contribution in [2.24, 2.45) is 0 Å². The van der Waals surface area contributed by atoms with Crippen LogP contribution in [0.3, 0.4) is 0 Å². The van der Waals surface area contributed by atoms with E-state index in [4.69, 9.17) is 0 Å². The van der Waals surface area contributed by atoms with Gasteiger partial charge in [-0.05, 0) is 26.0 Å². The fourth-order valence-electron chi connectivity index (χ4n) is 2.13. The van der Waals surface area contributed by atoms with Crippen LogP contribution in [0.2, 0.25) is 0 Å². The average Bonchev–Trinajstić information content (AvgIpc) is 2.84. The van der Waals surface area contributed by atoms with E-state index in [1.165, 1.54) is 11.3 Å². The summed E-state index contributed by atoms with van der Waals surface area (Å²) in [5.41, 5.74) is 3.23. The maximum Gasteiger partial charge on any atom is 0.263 e. The molecule has 0 aromatic carbocycles. The number of nitrogens with zero attached hydrogens (tertiary/aromatic N) is 2. The molecule has 0 saturated heterocycles. The lowest BCUT2D eigenvalue weighted by molar-refractivity contribution is 0.0950. The molecule has 1 amide bonds. The van der Waals surface area contributed by atoms with Crippen LogP contribution in [-0.2, 0) is 6.42 Å². The van der Waals surface area contributed by atoms with Crippen molar-refractivity contribution in [3.8, 4) is 5.13 Å². The Kier molecular flexibility index (Phi) is 2.29. The second-order valence-corrected chi connectivity index (χ2v) is 5.21. The number of aryl methyl sites for hydroxylation is 2. The number of carbonyl (C=O) groups excluding carboxylic acids is 1. The summed E-state index contributed by atoms with van der Waals surface area (Å²) < 4.78 is 2.09. The molecule has 0 unspecified atom stereocenters. The molecule has 3 rings (SSSR count). The van der Waals surface area contributed by atoms with E-state index in [9.17, 15) is 4.79 Å². The van der Waals surface area contributed by atoms with Crippen LogP contribution in [0.5, 0.6) is 0 Å². The van der Waals surface area contributed by atoms with Gasteiger partial charge >= 0.3 is 0 Å². The minimum atomic E-state index is 0.0115. The van der Waals surface area contributed by atoms with E-state index in [-0.39, 0.29) is 5.91 Å². The average molecular weight is 247 g/mol. The summed E-state index contributed by atoms with van der Waals surface area (Å²) in [7, 11) is 0. The number of fused-ring (bicyclic) bond motifs is 1. The molecular formula is C12H13N3OS. The molecule has 5 heteroatoms. The Morgan fingerprint density at radius 3 is 2.71 bits per heavy atom. The van der Waals surface area contributed by atoms with Crippen LogP contribution in [0, 0.1) is 13.8 Å². The minimum Gasteiger partial charge on any atom is -0.351 e. The zero-order chi connectivity index (χ0) is 12.0. The molecule has 0 saturated carbocycles. The van der Waals surface area contributed by atoms with Gasteiger partial charge in [-0.15, -0.1) is 0 Å². The molecule has 0 aliphatic carbocycles. The Morgan fingerprint density at radius 1 is 1.35 bits per heavy atom. The Bertz CT molecular complexity index is 577. The first-order chi connectivity index (χ1) is 8.16. The molecule has 3 heterocycles. The predicted octanol–water partition coefficient (Wildman–Crippen LogP) is 1.84. The summed E-state index contributed by atoms with van der Waals surface area (Å²) in [5.74, 6) is 0.0115. The van der Waals surface area contributed by atoms with Gasteiger partial charge < -0.3 is 5.32 Å². The van der Waals surface area contributed by atoms with Gasteiger partial charge in [0.25, 0.3) is 5.91 Å².